The van der Waals surface area contributed by atoms with Crippen molar-refractivity contribution >= 4 is 39.1 Å². The summed E-state index contributed by atoms with van der Waals surface area (Å²) in [5.74, 6) is -0.417. The summed E-state index contributed by atoms with van der Waals surface area (Å²) < 4.78 is 26.0. The number of carbonyl (C=O) groups excluding carboxylic acids is 2. The number of hydrogen-bond acceptors (Lipinski definition) is 4. The van der Waals surface area contributed by atoms with Gasteiger partial charge in [-0.15, -0.1) is 0 Å². The molecule has 0 saturated heterocycles. The highest BCUT2D eigenvalue weighted by Crippen LogP contribution is 2.22. The van der Waals surface area contributed by atoms with E-state index in [-0.39, 0.29) is 24.8 Å². The van der Waals surface area contributed by atoms with E-state index in [0.717, 1.165) is 23.8 Å². The molecule has 0 aliphatic carbocycles. The number of sulfonamides is 1. The minimum atomic E-state index is -3.56. The number of nitrogens with zero attached hydrogens (tertiary/aromatic N) is 2. The van der Waals surface area contributed by atoms with Crippen molar-refractivity contribution < 1.29 is 18.0 Å². The van der Waals surface area contributed by atoms with Crippen molar-refractivity contribution in [2.24, 2.45) is 0 Å². The molecule has 186 valence electrons. The summed E-state index contributed by atoms with van der Waals surface area (Å²) in [7, 11) is -3.56. The van der Waals surface area contributed by atoms with Crippen LogP contribution < -0.4 is 9.62 Å². The molecule has 0 spiro atoms. The first-order chi connectivity index (χ1) is 16.0. The first-order valence-corrected chi connectivity index (χ1v) is 13.6. The summed E-state index contributed by atoms with van der Waals surface area (Å²) in [6.07, 6.45) is 2.32. The molecule has 34 heavy (non-hydrogen) atoms. The van der Waals surface area contributed by atoms with Crippen molar-refractivity contribution in [1.82, 2.24) is 10.2 Å². The molecule has 0 radical (unpaired) electrons. The molecule has 2 aromatic rings. The standard InChI is InChI=1S/C25H34ClN3O4S/c1-5-14-27-25(31)20(3)28(18-21-10-6-9-19(2)16-21)24(30)13-8-15-29(34(4,32)33)23-12-7-11-22(26)17-23/h6-7,9-12,16-17,20H,5,8,13-15,18H2,1-4H3,(H,27,31). The Morgan fingerprint density at radius 2 is 1.82 bits per heavy atom. The molecular formula is C25H34ClN3O4S. The van der Waals surface area contributed by atoms with Gasteiger partial charge in [-0.3, -0.25) is 13.9 Å². The Kier molecular flexibility index (Phi) is 10.4. The molecule has 2 aromatic carbocycles. The molecule has 0 saturated carbocycles. The largest absolute Gasteiger partial charge is 0.354 e. The maximum Gasteiger partial charge on any atom is 0.242 e. The number of carbonyl (C=O) groups is 2. The van der Waals surface area contributed by atoms with Crippen LogP contribution in [-0.4, -0.2) is 50.5 Å². The summed E-state index contributed by atoms with van der Waals surface area (Å²) >= 11 is 6.03. The lowest BCUT2D eigenvalue weighted by atomic mass is 10.1. The first kappa shape index (κ1) is 27.7. The second kappa shape index (κ2) is 12.8. The van der Waals surface area contributed by atoms with E-state index in [4.69, 9.17) is 11.6 Å². The number of aryl methyl sites for hydroxylation is 1. The van der Waals surface area contributed by atoms with Crippen LogP contribution in [0, 0.1) is 6.92 Å². The lowest BCUT2D eigenvalue weighted by Gasteiger charge is -2.29. The molecule has 7 nitrogen and oxygen atoms in total. The molecule has 2 rings (SSSR count). The molecule has 0 heterocycles. The van der Waals surface area contributed by atoms with Crippen LogP contribution in [0.25, 0.3) is 0 Å². The summed E-state index contributed by atoms with van der Waals surface area (Å²) in [5, 5.41) is 3.28. The van der Waals surface area contributed by atoms with Gasteiger partial charge in [0.25, 0.3) is 0 Å². The SMILES string of the molecule is CCCNC(=O)C(C)N(Cc1cccc(C)c1)C(=O)CCCN(c1cccc(Cl)c1)S(C)(=O)=O. The zero-order valence-corrected chi connectivity index (χ0v) is 21.8. The van der Waals surface area contributed by atoms with E-state index in [2.05, 4.69) is 5.32 Å². The highest BCUT2D eigenvalue weighted by molar-refractivity contribution is 7.92. The van der Waals surface area contributed by atoms with Gasteiger partial charge in [0.2, 0.25) is 21.8 Å². The number of nitrogens with one attached hydrogen (secondary N) is 1. The van der Waals surface area contributed by atoms with Crippen LogP contribution in [0.1, 0.15) is 44.2 Å². The quantitative estimate of drug-likeness (QED) is 0.467. The Morgan fingerprint density at radius 1 is 1.12 bits per heavy atom. The number of rotatable bonds is 12. The topological polar surface area (TPSA) is 86.8 Å². The van der Waals surface area contributed by atoms with Crippen LogP contribution >= 0.6 is 11.6 Å². The van der Waals surface area contributed by atoms with Crippen LogP contribution in [0.2, 0.25) is 5.02 Å². The van der Waals surface area contributed by atoms with Crippen molar-refractivity contribution in [3.05, 3.63) is 64.7 Å². The summed E-state index contributed by atoms with van der Waals surface area (Å²) in [4.78, 5) is 27.4. The summed E-state index contributed by atoms with van der Waals surface area (Å²) in [6.45, 7) is 6.62. The zero-order valence-electron chi connectivity index (χ0n) is 20.3. The Labute approximate surface area is 208 Å². The van der Waals surface area contributed by atoms with Crippen molar-refractivity contribution in [3.63, 3.8) is 0 Å². The van der Waals surface area contributed by atoms with Crippen molar-refractivity contribution in [2.45, 2.75) is 52.6 Å². The summed E-state index contributed by atoms with van der Waals surface area (Å²) in [6, 6.07) is 13.7. The maximum absolute atomic E-state index is 13.2. The van der Waals surface area contributed by atoms with Crippen LogP contribution in [-0.2, 0) is 26.2 Å². The smallest absolute Gasteiger partial charge is 0.242 e. The molecule has 1 atom stereocenters. The van der Waals surface area contributed by atoms with E-state index in [1.807, 2.05) is 38.1 Å². The van der Waals surface area contributed by atoms with E-state index in [1.54, 1.807) is 36.1 Å². The fraction of sp³-hybridized carbons (Fsp3) is 0.440. The Morgan fingerprint density at radius 3 is 2.44 bits per heavy atom. The van der Waals surface area contributed by atoms with Crippen LogP contribution in [0.5, 0.6) is 0 Å². The Bertz CT molecular complexity index is 1090. The predicted octanol–water partition coefficient (Wildman–Crippen LogP) is 4.14. The van der Waals surface area contributed by atoms with Crippen LogP contribution in [0.4, 0.5) is 5.69 Å². The molecule has 1 N–H and O–H groups in total. The fourth-order valence-electron chi connectivity index (χ4n) is 3.62. The van der Waals surface area contributed by atoms with E-state index in [9.17, 15) is 18.0 Å². The average Bonchev–Trinajstić information content (AvgIpc) is 2.77. The van der Waals surface area contributed by atoms with Gasteiger partial charge in [0.05, 0.1) is 11.9 Å². The lowest BCUT2D eigenvalue weighted by Crippen LogP contribution is -2.47. The molecule has 0 aliphatic heterocycles. The number of halogens is 1. The van der Waals surface area contributed by atoms with E-state index in [0.29, 0.717) is 30.2 Å². The Balaban J connectivity index is 2.15. The van der Waals surface area contributed by atoms with E-state index < -0.39 is 16.1 Å². The van der Waals surface area contributed by atoms with Crippen molar-refractivity contribution in [3.8, 4) is 0 Å². The van der Waals surface area contributed by atoms with Crippen LogP contribution in [0.15, 0.2) is 48.5 Å². The third-order valence-electron chi connectivity index (χ3n) is 5.40. The van der Waals surface area contributed by atoms with Gasteiger partial charge in [-0.1, -0.05) is 54.4 Å². The highest BCUT2D eigenvalue weighted by Gasteiger charge is 2.26. The third-order valence-corrected chi connectivity index (χ3v) is 6.83. The summed E-state index contributed by atoms with van der Waals surface area (Å²) in [5.41, 5.74) is 2.45. The van der Waals surface area contributed by atoms with Crippen molar-refractivity contribution in [2.75, 3.05) is 23.7 Å². The number of benzene rings is 2. The minimum absolute atomic E-state index is 0.101. The van der Waals surface area contributed by atoms with E-state index in [1.165, 1.54) is 4.31 Å². The highest BCUT2D eigenvalue weighted by atomic mass is 35.5. The van der Waals surface area contributed by atoms with Gasteiger partial charge in [-0.25, -0.2) is 8.42 Å². The third kappa shape index (κ3) is 8.33. The Hall–Kier alpha value is -2.58. The van der Waals surface area contributed by atoms with Crippen LogP contribution in [0.3, 0.4) is 0 Å². The molecule has 9 heteroatoms. The molecular weight excluding hydrogens is 474 g/mol. The normalized spacial score (nSPS) is 12.1. The molecule has 0 fully saturated rings. The van der Waals surface area contributed by atoms with Gasteiger partial charge in [0, 0.05) is 31.1 Å². The second-order valence-electron chi connectivity index (χ2n) is 8.40. The van der Waals surface area contributed by atoms with Gasteiger partial charge in [0.1, 0.15) is 6.04 Å². The lowest BCUT2D eigenvalue weighted by molar-refractivity contribution is -0.140. The first-order valence-electron chi connectivity index (χ1n) is 11.4. The van der Waals surface area contributed by atoms with Gasteiger partial charge < -0.3 is 10.2 Å². The predicted molar refractivity (Wildman–Crippen MR) is 137 cm³/mol. The molecule has 2 amide bonds. The molecule has 0 aliphatic rings. The molecule has 0 aromatic heterocycles. The second-order valence-corrected chi connectivity index (χ2v) is 10.7. The minimum Gasteiger partial charge on any atom is -0.354 e. The van der Waals surface area contributed by atoms with Crippen molar-refractivity contribution in [1.29, 1.82) is 0 Å². The van der Waals surface area contributed by atoms with Gasteiger partial charge in [0.15, 0.2) is 0 Å². The number of hydrogen-bond donors (Lipinski definition) is 1. The van der Waals surface area contributed by atoms with Gasteiger partial charge in [-0.05, 0) is 50.5 Å². The zero-order chi connectivity index (χ0) is 25.3. The van der Waals surface area contributed by atoms with E-state index >= 15 is 0 Å². The average molecular weight is 508 g/mol. The molecule has 1 unspecified atom stereocenters. The number of amides is 2. The maximum atomic E-state index is 13.2. The number of anilines is 1. The van der Waals surface area contributed by atoms with Gasteiger partial charge in [-0.2, -0.15) is 0 Å². The molecule has 0 bridgehead atoms. The monoisotopic (exact) mass is 507 g/mol. The fourth-order valence-corrected chi connectivity index (χ4v) is 4.76. The van der Waals surface area contributed by atoms with Gasteiger partial charge >= 0.3 is 0 Å².